The van der Waals surface area contributed by atoms with E-state index in [-0.39, 0.29) is 12.6 Å². The molecule has 2 rings (SSSR count). The minimum Gasteiger partial charge on any atom is -0.450 e. The molecule has 0 fully saturated rings. The summed E-state index contributed by atoms with van der Waals surface area (Å²) >= 11 is 0. The lowest BCUT2D eigenvalue weighted by atomic mass is 10.1. The van der Waals surface area contributed by atoms with Crippen molar-refractivity contribution in [2.24, 2.45) is 0 Å². The highest BCUT2D eigenvalue weighted by Gasteiger charge is 2.14. The van der Waals surface area contributed by atoms with Gasteiger partial charge in [0, 0.05) is 37.3 Å². The number of hydrogen-bond donors (Lipinski definition) is 1. The minimum atomic E-state index is -0.948. The van der Waals surface area contributed by atoms with Crippen LogP contribution >= 0.6 is 0 Å². The van der Waals surface area contributed by atoms with E-state index in [1.165, 1.54) is 6.20 Å². The standard InChI is InChI=1S/C14H17N3O4/c1-19-7-8-20-10-21-12-4-6-16-14(17-12)13(18)11-3-2-5-15-9-11/h2-6,9,13,18H,7-8,10H2,1H3. The summed E-state index contributed by atoms with van der Waals surface area (Å²) in [6.45, 7) is 0.994. The van der Waals surface area contributed by atoms with Gasteiger partial charge < -0.3 is 19.3 Å². The Morgan fingerprint density at radius 2 is 2.14 bits per heavy atom. The Bertz CT molecular complexity index is 539. The SMILES string of the molecule is COCCOCOc1ccnc(C(O)c2cccnc2)n1. The molecule has 2 aromatic heterocycles. The second kappa shape index (κ2) is 8.25. The van der Waals surface area contributed by atoms with Crippen LogP contribution in [0.1, 0.15) is 17.5 Å². The quantitative estimate of drug-likeness (QED) is 0.572. The van der Waals surface area contributed by atoms with Crippen molar-refractivity contribution in [1.29, 1.82) is 0 Å². The molecule has 112 valence electrons. The molecule has 0 radical (unpaired) electrons. The van der Waals surface area contributed by atoms with Gasteiger partial charge >= 0.3 is 0 Å². The van der Waals surface area contributed by atoms with Crippen molar-refractivity contribution in [2.45, 2.75) is 6.10 Å². The van der Waals surface area contributed by atoms with Gasteiger partial charge in [0.25, 0.3) is 0 Å². The Balaban J connectivity index is 1.94. The molecule has 0 saturated heterocycles. The normalized spacial score (nSPS) is 12.1. The van der Waals surface area contributed by atoms with Crippen LogP contribution in [-0.2, 0) is 9.47 Å². The Hall–Kier alpha value is -2.09. The van der Waals surface area contributed by atoms with Crippen LogP contribution in [0.15, 0.2) is 36.8 Å². The van der Waals surface area contributed by atoms with Crippen LogP contribution in [-0.4, -0.2) is 47.2 Å². The summed E-state index contributed by atoms with van der Waals surface area (Å²) in [4.78, 5) is 12.1. The van der Waals surface area contributed by atoms with Gasteiger partial charge in [-0.25, -0.2) is 4.98 Å². The number of ether oxygens (including phenoxy) is 3. The summed E-state index contributed by atoms with van der Waals surface area (Å²) in [7, 11) is 1.60. The number of nitrogens with zero attached hydrogens (tertiary/aromatic N) is 3. The molecule has 7 heteroatoms. The molecule has 7 nitrogen and oxygen atoms in total. The third-order valence-corrected chi connectivity index (χ3v) is 2.62. The molecule has 1 N–H and O–H groups in total. The maximum absolute atomic E-state index is 10.2. The fraction of sp³-hybridized carbons (Fsp3) is 0.357. The van der Waals surface area contributed by atoms with Crippen LogP contribution in [0, 0.1) is 0 Å². The fourth-order valence-corrected chi connectivity index (χ4v) is 1.56. The van der Waals surface area contributed by atoms with Crippen molar-refractivity contribution in [3.05, 3.63) is 48.2 Å². The van der Waals surface area contributed by atoms with Gasteiger partial charge in [0.15, 0.2) is 12.6 Å². The van der Waals surface area contributed by atoms with Gasteiger partial charge in [-0.1, -0.05) is 6.07 Å². The number of aromatic nitrogens is 3. The zero-order valence-electron chi connectivity index (χ0n) is 11.7. The van der Waals surface area contributed by atoms with Gasteiger partial charge in [0.1, 0.15) is 6.10 Å². The second-order valence-corrected chi connectivity index (χ2v) is 4.11. The summed E-state index contributed by atoms with van der Waals surface area (Å²) in [5.74, 6) is 0.581. The molecule has 0 aliphatic rings. The van der Waals surface area contributed by atoms with Crippen molar-refractivity contribution >= 4 is 0 Å². The van der Waals surface area contributed by atoms with E-state index >= 15 is 0 Å². The lowest BCUT2D eigenvalue weighted by Crippen LogP contribution is -2.10. The second-order valence-electron chi connectivity index (χ2n) is 4.11. The van der Waals surface area contributed by atoms with Crippen molar-refractivity contribution in [3.8, 4) is 5.88 Å². The molecule has 0 bridgehead atoms. The highest BCUT2D eigenvalue weighted by molar-refractivity contribution is 5.20. The first-order valence-electron chi connectivity index (χ1n) is 6.41. The predicted molar refractivity (Wildman–Crippen MR) is 73.7 cm³/mol. The predicted octanol–water partition coefficient (Wildman–Crippen LogP) is 0.953. The summed E-state index contributed by atoms with van der Waals surface area (Å²) in [6, 6.07) is 5.09. The largest absolute Gasteiger partial charge is 0.450 e. The topological polar surface area (TPSA) is 86.6 Å². The van der Waals surface area contributed by atoms with Crippen LogP contribution in [0.3, 0.4) is 0 Å². The Morgan fingerprint density at radius 1 is 1.24 bits per heavy atom. The summed E-state index contributed by atoms with van der Waals surface area (Å²) < 4.78 is 15.4. The zero-order valence-corrected chi connectivity index (χ0v) is 11.7. The van der Waals surface area contributed by atoms with Crippen molar-refractivity contribution < 1.29 is 19.3 Å². The Morgan fingerprint density at radius 3 is 2.90 bits per heavy atom. The average molecular weight is 291 g/mol. The highest BCUT2D eigenvalue weighted by atomic mass is 16.7. The number of aliphatic hydroxyl groups excluding tert-OH is 1. The van der Waals surface area contributed by atoms with E-state index in [9.17, 15) is 5.11 Å². The van der Waals surface area contributed by atoms with Gasteiger partial charge in [0.05, 0.1) is 13.2 Å². The van der Waals surface area contributed by atoms with Crippen molar-refractivity contribution in [2.75, 3.05) is 27.1 Å². The van der Waals surface area contributed by atoms with Gasteiger partial charge in [0.2, 0.25) is 5.88 Å². The first kappa shape index (κ1) is 15.3. The number of rotatable bonds is 8. The lowest BCUT2D eigenvalue weighted by molar-refractivity contribution is -0.0108. The third-order valence-electron chi connectivity index (χ3n) is 2.62. The van der Waals surface area contributed by atoms with E-state index in [1.54, 1.807) is 37.7 Å². The molecule has 0 saturated carbocycles. The smallest absolute Gasteiger partial charge is 0.218 e. The molecular weight excluding hydrogens is 274 g/mol. The first-order valence-corrected chi connectivity index (χ1v) is 6.41. The maximum atomic E-state index is 10.2. The van der Waals surface area contributed by atoms with Crippen LogP contribution in [0.5, 0.6) is 5.88 Å². The van der Waals surface area contributed by atoms with Gasteiger partial charge in [-0.05, 0) is 6.07 Å². The average Bonchev–Trinajstić information content (AvgIpc) is 2.55. The van der Waals surface area contributed by atoms with E-state index in [0.717, 1.165) is 0 Å². The summed E-state index contributed by atoms with van der Waals surface area (Å²) in [5, 5.41) is 10.2. The van der Waals surface area contributed by atoms with Gasteiger partial charge in [-0.3, -0.25) is 4.98 Å². The first-order chi connectivity index (χ1) is 10.3. The molecule has 1 unspecified atom stereocenters. The number of methoxy groups -OCH3 is 1. The van der Waals surface area contributed by atoms with E-state index < -0.39 is 6.10 Å². The van der Waals surface area contributed by atoms with Crippen LogP contribution in [0.25, 0.3) is 0 Å². The van der Waals surface area contributed by atoms with E-state index in [2.05, 4.69) is 15.0 Å². The molecule has 0 spiro atoms. The Labute approximate surface area is 122 Å². The van der Waals surface area contributed by atoms with Crippen LogP contribution in [0.4, 0.5) is 0 Å². The summed E-state index contributed by atoms with van der Waals surface area (Å²) in [5.41, 5.74) is 0.617. The third kappa shape index (κ3) is 4.75. The molecule has 1 atom stereocenters. The monoisotopic (exact) mass is 291 g/mol. The van der Waals surface area contributed by atoms with Crippen molar-refractivity contribution in [1.82, 2.24) is 15.0 Å². The number of hydrogen-bond acceptors (Lipinski definition) is 7. The van der Waals surface area contributed by atoms with Gasteiger partial charge in [-0.15, -0.1) is 0 Å². The van der Waals surface area contributed by atoms with E-state index in [0.29, 0.717) is 24.7 Å². The van der Waals surface area contributed by atoms with Crippen molar-refractivity contribution in [3.63, 3.8) is 0 Å². The molecule has 0 aromatic carbocycles. The molecular formula is C14H17N3O4. The van der Waals surface area contributed by atoms with E-state index in [4.69, 9.17) is 14.2 Å². The molecule has 0 aliphatic heterocycles. The number of aliphatic hydroxyl groups is 1. The maximum Gasteiger partial charge on any atom is 0.218 e. The Kier molecular flexibility index (Phi) is 6.01. The zero-order chi connectivity index (χ0) is 14.9. The van der Waals surface area contributed by atoms with Crippen LogP contribution in [0.2, 0.25) is 0 Å². The molecule has 21 heavy (non-hydrogen) atoms. The minimum absolute atomic E-state index is 0.0583. The molecule has 2 heterocycles. The molecule has 2 aromatic rings. The summed E-state index contributed by atoms with van der Waals surface area (Å²) in [6.07, 6.45) is 3.77. The molecule has 0 aliphatic carbocycles. The number of pyridine rings is 1. The fourth-order valence-electron chi connectivity index (χ4n) is 1.56. The van der Waals surface area contributed by atoms with E-state index in [1.807, 2.05) is 0 Å². The highest BCUT2D eigenvalue weighted by Crippen LogP contribution is 2.18. The van der Waals surface area contributed by atoms with Crippen LogP contribution < -0.4 is 4.74 Å². The van der Waals surface area contributed by atoms with Gasteiger partial charge in [-0.2, -0.15) is 4.98 Å². The molecule has 0 amide bonds. The lowest BCUT2D eigenvalue weighted by Gasteiger charge is -2.11.